The number of aromatic nitrogens is 2. The highest BCUT2D eigenvalue weighted by atomic mass is 35.5. The first-order valence-corrected chi connectivity index (χ1v) is 7.71. The zero-order chi connectivity index (χ0) is 13.9. The Hall–Kier alpha value is -0.880. The Morgan fingerprint density at radius 3 is 2.85 bits per heavy atom. The number of rotatable bonds is 4. The highest BCUT2D eigenvalue weighted by molar-refractivity contribution is 7.71. The van der Waals surface area contributed by atoms with E-state index in [-0.39, 0.29) is 0 Å². The lowest BCUT2D eigenvalue weighted by Gasteiger charge is -2.26. The molecule has 2 heterocycles. The summed E-state index contributed by atoms with van der Waals surface area (Å²) in [5.74, 6) is 0. The molecule has 0 saturated carbocycles. The van der Waals surface area contributed by atoms with Gasteiger partial charge in [0.2, 0.25) is 0 Å². The molecule has 20 heavy (non-hydrogen) atoms. The molecule has 1 N–H and O–H groups in total. The summed E-state index contributed by atoms with van der Waals surface area (Å²) in [5, 5.41) is 0.723. The minimum atomic E-state index is 0.723. The van der Waals surface area contributed by atoms with Gasteiger partial charge < -0.3 is 14.3 Å². The van der Waals surface area contributed by atoms with Crippen LogP contribution in [-0.4, -0.2) is 47.3 Å². The van der Waals surface area contributed by atoms with E-state index in [1.165, 1.54) is 0 Å². The molecular formula is C14H18ClN3OS. The first-order valence-electron chi connectivity index (χ1n) is 6.93. The molecule has 0 radical (unpaired) electrons. The molecule has 6 heteroatoms. The van der Waals surface area contributed by atoms with E-state index in [1.807, 2.05) is 12.1 Å². The normalized spacial score (nSPS) is 16.9. The van der Waals surface area contributed by atoms with E-state index in [4.69, 9.17) is 28.6 Å². The third kappa shape index (κ3) is 2.91. The summed E-state index contributed by atoms with van der Waals surface area (Å²) in [6.07, 6.45) is 1.08. The molecule has 1 aliphatic heterocycles. The van der Waals surface area contributed by atoms with Crippen LogP contribution in [0, 0.1) is 4.77 Å². The number of halogens is 1. The van der Waals surface area contributed by atoms with Crippen LogP contribution in [-0.2, 0) is 11.3 Å². The van der Waals surface area contributed by atoms with Gasteiger partial charge in [-0.15, -0.1) is 0 Å². The summed E-state index contributed by atoms with van der Waals surface area (Å²) < 4.78 is 8.24. The number of ether oxygens (including phenoxy) is 1. The van der Waals surface area contributed by atoms with Crippen LogP contribution in [0.5, 0.6) is 0 Å². The maximum Gasteiger partial charge on any atom is 0.178 e. The number of H-pyrrole nitrogens is 1. The fourth-order valence-corrected chi connectivity index (χ4v) is 3.15. The van der Waals surface area contributed by atoms with Crippen LogP contribution in [0.15, 0.2) is 18.2 Å². The van der Waals surface area contributed by atoms with Gasteiger partial charge in [0.1, 0.15) is 0 Å². The maximum absolute atomic E-state index is 6.19. The highest BCUT2D eigenvalue weighted by Gasteiger charge is 2.11. The lowest BCUT2D eigenvalue weighted by molar-refractivity contribution is 0.0369. The van der Waals surface area contributed by atoms with Gasteiger partial charge in [-0.2, -0.15) is 0 Å². The molecule has 108 valence electrons. The number of hydrogen-bond donors (Lipinski definition) is 1. The Bertz CT molecular complexity index is 645. The molecule has 1 aromatic carbocycles. The summed E-state index contributed by atoms with van der Waals surface area (Å²) in [5.41, 5.74) is 2.02. The maximum atomic E-state index is 6.19. The minimum Gasteiger partial charge on any atom is -0.379 e. The Balaban J connectivity index is 1.69. The summed E-state index contributed by atoms with van der Waals surface area (Å²) in [6, 6.07) is 5.90. The molecular weight excluding hydrogens is 294 g/mol. The number of benzene rings is 1. The molecule has 1 aromatic heterocycles. The van der Waals surface area contributed by atoms with Gasteiger partial charge in [0.25, 0.3) is 0 Å². The van der Waals surface area contributed by atoms with Crippen molar-refractivity contribution in [2.75, 3.05) is 32.8 Å². The lowest BCUT2D eigenvalue weighted by atomic mass is 10.3. The fourth-order valence-electron chi connectivity index (χ4n) is 2.64. The monoisotopic (exact) mass is 311 g/mol. The van der Waals surface area contributed by atoms with Gasteiger partial charge in [0.15, 0.2) is 4.77 Å². The molecule has 3 rings (SSSR count). The van der Waals surface area contributed by atoms with Crippen LogP contribution >= 0.6 is 23.8 Å². The Morgan fingerprint density at radius 2 is 2.05 bits per heavy atom. The topological polar surface area (TPSA) is 33.2 Å². The van der Waals surface area contributed by atoms with Crippen LogP contribution in [0.1, 0.15) is 6.42 Å². The van der Waals surface area contributed by atoms with E-state index >= 15 is 0 Å². The number of fused-ring (bicyclic) bond motifs is 1. The second kappa shape index (κ2) is 6.26. The minimum absolute atomic E-state index is 0.723. The molecule has 0 unspecified atom stereocenters. The zero-order valence-electron chi connectivity index (χ0n) is 11.3. The fraction of sp³-hybridized carbons (Fsp3) is 0.500. The Morgan fingerprint density at radius 1 is 1.25 bits per heavy atom. The molecule has 2 aromatic rings. The molecule has 1 fully saturated rings. The number of nitrogens with one attached hydrogen (secondary N) is 1. The van der Waals surface area contributed by atoms with Crippen molar-refractivity contribution < 1.29 is 4.74 Å². The molecule has 1 saturated heterocycles. The van der Waals surface area contributed by atoms with Crippen LogP contribution in [0.4, 0.5) is 0 Å². The number of para-hydroxylation sites is 1. The average molecular weight is 312 g/mol. The SMILES string of the molecule is S=c1[nH]c2c(Cl)cccc2n1CCCN1CCOCC1. The molecule has 0 spiro atoms. The first kappa shape index (κ1) is 14.1. The second-order valence-corrected chi connectivity index (χ2v) is 5.82. The van der Waals surface area contributed by atoms with Crippen molar-refractivity contribution in [1.82, 2.24) is 14.5 Å². The van der Waals surface area contributed by atoms with E-state index < -0.39 is 0 Å². The van der Waals surface area contributed by atoms with Gasteiger partial charge in [0, 0.05) is 26.2 Å². The van der Waals surface area contributed by atoms with Gasteiger partial charge in [-0.25, -0.2) is 0 Å². The predicted octanol–water partition coefficient (Wildman–Crippen LogP) is 3.07. The van der Waals surface area contributed by atoms with E-state index in [1.54, 1.807) is 0 Å². The number of morpholine rings is 1. The highest BCUT2D eigenvalue weighted by Crippen LogP contribution is 2.22. The number of imidazole rings is 1. The molecule has 4 nitrogen and oxygen atoms in total. The standard InChI is InChI=1S/C14H18ClN3OS/c15-11-3-1-4-12-13(11)16-14(20)18(12)6-2-5-17-7-9-19-10-8-17/h1,3-4H,2,5-10H2,(H,16,20). The van der Waals surface area contributed by atoms with Crippen molar-refractivity contribution in [1.29, 1.82) is 0 Å². The van der Waals surface area contributed by atoms with E-state index in [2.05, 4.69) is 20.5 Å². The summed E-state index contributed by atoms with van der Waals surface area (Å²) in [4.78, 5) is 5.64. The third-order valence-electron chi connectivity index (χ3n) is 3.72. The van der Waals surface area contributed by atoms with Crippen molar-refractivity contribution in [3.05, 3.63) is 28.0 Å². The summed E-state index contributed by atoms with van der Waals surface area (Å²) >= 11 is 11.6. The van der Waals surface area contributed by atoms with Crippen molar-refractivity contribution in [3.8, 4) is 0 Å². The average Bonchev–Trinajstić information content (AvgIpc) is 2.78. The predicted molar refractivity (Wildman–Crippen MR) is 84.0 cm³/mol. The zero-order valence-corrected chi connectivity index (χ0v) is 12.8. The van der Waals surface area contributed by atoms with Gasteiger partial charge in [-0.3, -0.25) is 4.90 Å². The molecule has 1 aliphatic rings. The first-order chi connectivity index (χ1) is 9.75. The third-order valence-corrected chi connectivity index (χ3v) is 4.36. The van der Waals surface area contributed by atoms with Crippen LogP contribution in [0.2, 0.25) is 5.02 Å². The molecule has 0 aliphatic carbocycles. The van der Waals surface area contributed by atoms with Crippen LogP contribution < -0.4 is 0 Å². The molecule has 0 bridgehead atoms. The van der Waals surface area contributed by atoms with Gasteiger partial charge in [0.05, 0.1) is 29.3 Å². The number of nitrogens with zero attached hydrogens (tertiary/aromatic N) is 2. The lowest BCUT2D eigenvalue weighted by Crippen LogP contribution is -2.37. The smallest absolute Gasteiger partial charge is 0.178 e. The largest absolute Gasteiger partial charge is 0.379 e. The van der Waals surface area contributed by atoms with Crippen molar-refractivity contribution in [3.63, 3.8) is 0 Å². The van der Waals surface area contributed by atoms with Crippen molar-refractivity contribution >= 4 is 34.9 Å². The van der Waals surface area contributed by atoms with Crippen LogP contribution in [0.25, 0.3) is 11.0 Å². The quantitative estimate of drug-likeness (QED) is 0.881. The Kier molecular flexibility index (Phi) is 4.41. The number of hydrogen-bond acceptors (Lipinski definition) is 3. The van der Waals surface area contributed by atoms with E-state index in [9.17, 15) is 0 Å². The van der Waals surface area contributed by atoms with E-state index in [0.29, 0.717) is 0 Å². The Labute approximate surface area is 128 Å². The summed E-state index contributed by atoms with van der Waals surface area (Å²) in [7, 11) is 0. The number of aryl methyl sites for hydroxylation is 1. The molecule has 0 amide bonds. The van der Waals surface area contributed by atoms with Crippen molar-refractivity contribution in [2.45, 2.75) is 13.0 Å². The summed E-state index contributed by atoms with van der Waals surface area (Å²) in [6.45, 7) is 5.76. The number of aromatic amines is 1. The molecule has 0 atom stereocenters. The van der Waals surface area contributed by atoms with Gasteiger partial charge in [-0.05, 0) is 30.8 Å². The second-order valence-electron chi connectivity index (χ2n) is 5.02. The van der Waals surface area contributed by atoms with E-state index in [0.717, 1.165) is 66.6 Å². The van der Waals surface area contributed by atoms with Gasteiger partial charge >= 0.3 is 0 Å². The van der Waals surface area contributed by atoms with Crippen molar-refractivity contribution in [2.24, 2.45) is 0 Å². The van der Waals surface area contributed by atoms with Gasteiger partial charge in [-0.1, -0.05) is 17.7 Å². The van der Waals surface area contributed by atoms with Crippen LogP contribution in [0.3, 0.4) is 0 Å².